The summed E-state index contributed by atoms with van der Waals surface area (Å²) in [5.41, 5.74) is 6.43. The smallest absolute Gasteiger partial charge is 0.231 e. The van der Waals surface area contributed by atoms with Crippen LogP contribution in [0.2, 0.25) is 0 Å². The van der Waals surface area contributed by atoms with E-state index in [1.807, 2.05) is 13.1 Å². The van der Waals surface area contributed by atoms with Crippen LogP contribution in [0.15, 0.2) is 6.20 Å². The Morgan fingerprint density at radius 1 is 1.76 bits per heavy atom. The van der Waals surface area contributed by atoms with E-state index < -0.39 is 0 Å². The summed E-state index contributed by atoms with van der Waals surface area (Å²) in [7, 11) is 1.80. The number of rotatable bonds is 3. The predicted octanol–water partition coefficient (Wildman–Crippen LogP) is 0.242. The first-order chi connectivity index (χ1) is 8.10. The van der Waals surface area contributed by atoms with Crippen LogP contribution in [0.1, 0.15) is 18.9 Å². The molecule has 6 nitrogen and oxygen atoms in total. The van der Waals surface area contributed by atoms with Crippen molar-refractivity contribution in [2.24, 2.45) is 18.7 Å². The van der Waals surface area contributed by atoms with E-state index in [1.165, 1.54) is 0 Å². The average Bonchev–Trinajstić information content (AvgIpc) is 2.85. The fraction of sp³-hybridized carbons (Fsp3) is 0.636. The maximum atomic E-state index is 12.0. The van der Waals surface area contributed by atoms with Crippen LogP contribution in [0.3, 0.4) is 0 Å². The largest absolute Gasteiger partial charge is 0.378 e. The number of nitrogens with two attached hydrogens (primary N) is 1. The molecule has 0 aliphatic carbocycles. The van der Waals surface area contributed by atoms with Gasteiger partial charge in [0.15, 0.2) is 5.82 Å². The molecule has 1 saturated heterocycles. The zero-order chi connectivity index (χ0) is 12.4. The second-order valence-electron chi connectivity index (χ2n) is 4.45. The number of aromatic nitrogens is 2. The maximum absolute atomic E-state index is 12.0. The van der Waals surface area contributed by atoms with E-state index in [4.69, 9.17) is 10.5 Å². The molecule has 0 saturated carbocycles. The minimum absolute atomic E-state index is 0.0391. The van der Waals surface area contributed by atoms with Gasteiger partial charge in [-0.05, 0) is 13.3 Å². The average molecular weight is 238 g/mol. The van der Waals surface area contributed by atoms with Crippen LogP contribution >= 0.6 is 0 Å². The third-order valence-electron chi connectivity index (χ3n) is 2.94. The van der Waals surface area contributed by atoms with Crippen molar-refractivity contribution >= 4 is 11.7 Å². The van der Waals surface area contributed by atoms with E-state index in [9.17, 15) is 4.79 Å². The minimum atomic E-state index is -0.0855. The van der Waals surface area contributed by atoms with E-state index in [1.54, 1.807) is 11.7 Å². The predicted molar refractivity (Wildman–Crippen MR) is 63.3 cm³/mol. The van der Waals surface area contributed by atoms with Crippen molar-refractivity contribution in [3.8, 4) is 0 Å². The Balaban J connectivity index is 2.02. The van der Waals surface area contributed by atoms with Crippen LogP contribution in [0, 0.1) is 5.92 Å². The Labute approximate surface area is 100 Å². The van der Waals surface area contributed by atoms with E-state index in [2.05, 4.69) is 10.4 Å². The lowest BCUT2D eigenvalue weighted by atomic mass is 10.1. The van der Waals surface area contributed by atoms with Crippen molar-refractivity contribution in [2.75, 3.05) is 11.9 Å². The summed E-state index contributed by atoms with van der Waals surface area (Å²) in [5, 5.41) is 6.99. The summed E-state index contributed by atoms with van der Waals surface area (Å²) in [4.78, 5) is 12.0. The maximum Gasteiger partial charge on any atom is 0.231 e. The van der Waals surface area contributed by atoms with Gasteiger partial charge in [-0.2, -0.15) is 5.10 Å². The molecule has 1 aliphatic heterocycles. The number of nitrogens with zero attached hydrogens (tertiary/aromatic N) is 2. The Kier molecular flexibility index (Phi) is 3.44. The number of amides is 1. The molecule has 2 heterocycles. The fourth-order valence-electron chi connectivity index (χ4n) is 2.01. The van der Waals surface area contributed by atoms with Gasteiger partial charge in [0.1, 0.15) is 0 Å². The van der Waals surface area contributed by atoms with Gasteiger partial charge in [0, 0.05) is 25.4 Å². The third-order valence-corrected chi connectivity index (χ3v) is 2.94. The third kappa shape index (κ3) is 2.65. The number of aryl methyl sites for hydroxylation is 1. The quantitative estimate of drug-likeness (QED) is 0.790. The van der Waals surface area contributed by atoms with Crippen molar-refractivity contribution in [3.05, 3.63) is 11.8 Å². The monoisotopic (exact) mass is 238 g/mol. The summed E-state index contributed by atoms with van der Waals surface area (Å²) in [6, 6.07) is 0. The zero-order valence-electron chi connectivity index (χ0n) is 10.1. The van der Waals surface area contributed by atoms with Gasteiger partial charge in [0.25, 0.3) is 0 Å². The highest BCUT2D eigenvalue weighted by Crippen LogP contribution is 2.21. The number of carbonyl (C=O) groups is 1. The van der Waals surface area contributed by atoms with Crippen molar-refractivity contribution in [3.63, 3.8) is 0 Å². The molecule has 0 spiro atoms. The molecule has 1 aliphatic rings. The highest BCUT2D eigenvalue weighted by atomic mass is 16.5. The highest BCUT2D eigenvalue weighted by molar-refractivity contribution is 5.92. The summed E-state index contributed by atoms with van der Waals surface area (Å²) in [6.45, 7) is 2.82. The Morgan fingerprint density at radius 3 is 3.12 bits per heavy atom. The van der Waals surface area contributed by atoms with E-state index in [-0.39, 0.29) is 17.9 Å². The number of hydrogen-bond donors (Lipinski definition) is 2. The molecule has 0 bridgehead atoms. The summed E-state index contributed by atoms with van der Waals surface area (Å²) in [5.74, 6) is 0.430. The first kappa shape index (κ1) is 12.1. The number of hydrogen-bond acceptors (Lipinski definition) is 4. The van der Waals surface area contributed by atoms with Crippen LogP contribution in [-0.2, 0) is 23.1 Å². The van der Waals surface area contributed by atoms with E-state index >= 15 is 0 Å². The SMILES string of the molecule is CC1CC(C(=O)Nc2nn(C)cc2CN)CO1. The molecule has 2 atom stereocenters. The molecule has 0 radical (unpaired) electrons. The summed E-state index contributed by atoms with van der Waals surface area (Å²) in [6.07, 6.45) is 2.73. The molecular weight excluding hydrogens is 220 g/mol. The lowest BCUT2D eigenvalue weighted by molar-refractivity contribution is -0.119. The Morgan fingerprint density at radius 2 is 2.53 bits per heavy atom. The van der Waals surface area contributed by atoms with Gasteiger partial charge in [-0.15, -0.1) is 0 Å². The first-order valence-electron chi connectivity index (χ1n) is 5.75. The molecule has 0 aromatic carbocycles. The Bertz CT molecular complexity index is 416. The summed E-state index contributed by atoms with van der Waals surface area (Å²) < 4.78 is 7.02. The second-order valence-corrected chi connectivity index (χ2v) is 4.45. The summed E-state index contributed by atoms with van der Waals surface area (Å²) >= 11 is 0. The number of nitrogens with one attached hydrogen (secondary N) is 1. The van der Waals surface area contributed by atoms with Crippen LogP contribution in [0.25, 0.3) is 0 Å². The molecule has 1 amide bonds. The number of carbonyl (C=O) groups excluding carboxylic acids is 1. The molecule has 1 aromatic heterocycles. The highest BCUT2D eigenvalue weighted by Gasteiger charge is 2.28. The van der Waals surface area contributed by atoms with E-state index in [0.29, 0.717) is 19.0 Å². The molecule has 94 valence electrons. The number of ether oxygens (including phenoxy) is 1. The molecule has 17 heavy (non-hydrogen) atoms. The lowest BCUT2D eigenvalue weighted by Gasteiger charge is -2.08. The van der Waals surface area contributed by atoms with Gasteiger partial charge in [-0.25, -0.2) is 0 Å². The van der Waals surface area contributed by atoms with Gasteiger partial charge < -0.3 is 15.8 Å². The molecule has 2 unspecified atom stereocenters. The molecular formula is C11H18N4O2. The molecule has 3 N–H and O–H groups in total. The van der Waals surface area contributed by atoms with E-state index in [0.717, 1.165) is 12.0 Å². The topological polar surface area (TPSA) is 82.2 Å². The van der Waals surface area contributed by atoms with Crippen LogP contribution in [0.5, 0.6) is 0 Å². The van der Waals surface area contributed by atoms with Gasteiger partial charge in [0.2, 0.25) is 5.91 Å². The Hall–Kier alpha value is -1.40. The lowest BCUT2D eigenvalue weighted by Crippen LogP contribution is -2.24. The van der Waals surface area contributed by atoms with Gasteiger partial charge in [0.05, 0.1) is 18.6 Å². The van der Waals surface area contributed by atoms with Crippen molar-refractivity contribution in [1.82, 2.24) is 9.78 Å². The van der Waals surface area contributed by atoms with Gasteiger partial charge in [-0.3, -0.25) is 9.48 Å². The standard InChI is InChI=1S/C11H18N4O2/c1-7-3-8(6-17-7)11(16)13-10-9(4-12)5-15(2)14-10/h5,7-8H,3-4,6,12H2,1-2H3,(H,13,14,16). The van der Waals surface area contributed by atoms with Crippen LogP contribution in [-0.4, -0.2) is 28.4 Å². The minimum Gasteiger partial charge on any atom is -0.378 e. The molecule has 1 aromatic rings. The van der Waals surface area contributed by atoms with Crippen molar-refractivity contribution in [2.45, 2.75) is 26.0 Å². The van der Waals surface area contributed by atoms with Crippen molar-refractivity contribution in [1.29, 1.82) is 0 Å². The number of anilines is 1. The normalized spacial score (nSPS) is 23.9. The first-order valence-corrected chi connectivity index (χ1v) is 5.75. The second kappa shape index (κ2) is 4.85. The van der Waals surface area contributed by atoms with Gasteiger partial charge in [-0.1, -0.05) is 0 Å². The molecule has 2 rings (SSSR count). The van der Waals surface area contributed by atoms with Crippen LogP contribution in [0.4, 0.5) is 5.82 Å². The van der Waals surface area contributed by atoms with Crippen LogP contribution < -0.4 is 11.1 Å². The van der Waals surface area contributed by atoms with Crippen molar-refractivity contribution < 1.29 is 9.53 Å². The molecule has 6 heteroatoms. The fourth-order valence-corrected chi connectivity index (χ4v) is 2.01. The molecule has 1 fully saturated rings. The zero-order valence-corrected chi connectivity index (χ0v) is 10.1. The van der Waals surface area contributed by atoms with Gasteiger partial charge >= 0.3 is 0 Å².